The molecular formula is C20H20N2O4. The van der Waals surface area contributed by atoms with Crippen LogP contribution >= 0.6 is 0 Å². The lowest BCUT2D eigenvalue weighted by molar-refractivity contribution is 0.0679. The molecule has 2 aromatic carbocycles. The molecule has 2 heterocycles. The molecule has 6 heteroatoms. The van der Waals surface area contributed by atoms with Crippen LogP contribution in [-0.4, -0.2) is 31.1 Å². The van der Waals surface area contributed by atoms with Crippen LogP contribution in [0.25, 0.3) is 0 Å². The predicted octanol–water partition coefficient (Wildman–Crippen LogP) is 2.74. The van der Waals surface area contributed by atoms with Crippen LogP contribution < -0.4 is 15.4 Å². The van der Waals surface area contributed by atoms with Gasteiger partial charge in [0.25, 0.3) is 11.8 Å². The summed E-state index contributed by atoms with van der Waals surface area (Å²) < 4.78 is 11.2. The molecule has 2 amide bonds. The maximum atomic E-state index is 12.4. The lowest BCUT2D eigenvalue weighted by atomic mass is 10.1. The standard InChI is InChI=1S/C20H20N2O4/c23-19(22-15-6-3-14-11-21-20(24)18(14)10-15)13-4-7-16(8-5-13)26-12-17-2-1-9-25-17/h3-8,10,17H,1-2,9,11-12H2,(H,21,24)(H,22,23). The Morgan fingerprint density at radius 3 is 2.85 bits per heavy atom. The smallest absolute Gasteiger partial charge is 0.255 e. The van der Waals surface area contributed by atoms with Gasteiger partial charge in [-0.05, 0) is 54.8 Å². The van der Waals surface area contributed by atoms with Gasteiger partial charge in [0.15, 0.2) is 0 Å². The van der Waals surface area contributed by atoms with Crippen molar-refractivity contribution in [3.8, 4) is 5.75 Å². The van der Waals surface area contributed by atoms with Crippen LogP contribution in [0.3, 0.4) is 0 Å². The molecule has 1 fully saturated rings. The molecule has 0 radical (unpaired) electrons. The maximum absolute atomic E-state index is 12.4. The van der Waals surface area contributed by atoms with Crippen LogP contribution in [-0.2, 0) is 11.3 Å². The van der Waals surface area contributed by atoms with Gasteiger partial charge >= 0.3 is 0 Å². The average molecular weight is 352 g/mol. The number of carbonyl (C=O) groups is 2. The second-order valence-corrected chi connectivity index (χ2v) is 6.48. The highest BCUT2D eigenvalue weighted by atomic mass is 16.5. The molecule has 134 valence electrons. The topological polar surface area (TPSA) is 76.7 Å². The SMILES string of the molecule is O=C(Nc1ccc2c(c1)C(=O)NC2)c1ccc(OCC2CCCO2)cc1. The molecule has 0 aliphatic carbocycles. The third-order valence-corrected chi connectivity index (χ3v) is 4.63. The van der Waals surface area contributed by atoms with E-state index in [4.69, 9.17) is 9.47 Å². The average Bonchev–Trinajstić information content (AvgIpc) is 3.31. The third kappa shape index (κ3) is 3.55. The first-order valence-electron chi connectivity index (χ1n) is 8.76. The zero-order valence-electron chi connectivity index (χ0n) is 14.3. The summed E-state index contributed by atoms with van der Waals surface area (Å²) >= 11 is 0. The van der Waals surface area contributed by atoms with Crippen LogP contribution in [0.2, 0.25) is 0 Å². The summed E-state index contributed by atoms with van der Waals surface area (Å²) in [7, 11) is 0. The number of benzene rings is 2. The van der Waals surface area contributed by atoms with Crippen molar-refractivity contribution in [2.24, 2.45) is 0 Å². The quantitative estimate of drug-likeness (QED) is 0.867. The van der Waals surface area contributed by atoms with Gasteiger partial charge in [0.05, 0.1) is 6.10 Å². The van der Waals surface area contributed by atoms with E-state index in [0.29, 0.717) is 35.7 Å². The summed E-state index contributed by atoms with van der Waals surface area (Å²) in [4.78, 5) is 24.1. The minimum atomic E-state index is -0.228. The second kappa shape index (κ2) is 7.17. The first kappa shape index (κ1) is 16.6. The second-order valence-electron chi connectivity index (χ2n) is 6.48. The number of hydrogen-bond acceptors (Lipinski definition) is 4. The Hall–Kier alpha value is -2.86. The molecule has 2 aliphatic heterocycles. The van der Waals surface area contributed by atoms with Gasteiger partial charge in [-0.15, -0.1) is 0 Å². The van der Waals surface area contributed by atoms with Crippen LogP contribution in [0.15, 0.2) is 42.5 Å². The van der Waals surface area contributed by atoms with E-state index in [1.54, 1.807) is 36.4 Å². The molecule has 0 spiro atoms. The van der Waals surface area contributed by atoms with E-state index in [2.05, 4.69) is 10.6 Å². The van der Waals surface area contributed by atoms with E-state index >= 15 is 0 Å². The van der Waals surface area contributed by atoms with Crippen LogP contribution in [0, 0.1) is 0 Å². The Morgan fingerprint density at radius 1 is 1.23 bits per heavy atom. The van der Waals surface area contributed by atoms with Crippen LogP contribution in [0.1, 0.15) is 39.1 Å². The van der Waals surface area contributed by atoms with Crippen molar-refractivity contribution in [2.75, 3.05) is 18.5 Å². The number of amides is 2. The zero-order valence-corrected chi connectivity index (χ0v) is 14.3. The van der Waals surface area contributed by atoms with Gasteiger partial charge < -0.3 is 20.1 Å². The minimum absolute atomic E-state index is 0.108. The van der Waals surface area contributed by atoms with Crippen molar-refractivity contribution in [3.05, 3.63) is 59.2 Å². The number of fused-ring (bicyclic) bond motifs is 1. The number of rotatable bonds is 5. The molecular weight excluding hydrogens is 332 g/mol. The fourth-order valence-electron chi connectivity index (χ4n) is 3.16. The van der Waals surface area contributed by atoms with Gasteiger partial charge in [-0.1, -0.05) is 6.07 Å². The largest absolute Gasteiger partial charge is 0.491 e. The highest BCUT2D eigenvalue weighted by Crippen LogP contribution is 2.21. The Labute approximate surface area is 151 Å². The Morgan fingerprint density at radius 2 is 2.08 bits per heavy atom. The summed E-state index contributed by atoms with van der Waals surface area (Å²) in [5.41, 5.74) is 2.69. The van der Waals surface area contributed by atoms with Gasteiger partial charge in [-0.25, -0.2) is 0 Å². The van der Waals surface area contributed by atoms with E-state index in [9.17, 15) is 9.59 Å². The van der Waals surface area contributed by atoms with Crippen molar-refractivity contribution in [1.82, 2.24) is 5.32 Å². The highest BCUT2D eigenvalue weighted by molar-refractivity contribution is 6.05. The molecule has 1 atom stereocenters. The fourth-order valence-corrected chi connectivity index (χ4v) is 3.16. The van der Waals surface area contributed by atoms with Crippen molar-refractivity contribution in [3.63, 3.8) is 0 Å². The lowest BCUT2D eigenvalue weighted by Crippen LogP contribution is -2.16. The lowest BCUT2D eigenvalue weighted by Gasteiger charge is -2.12. The van der Waals surface area contributed by atoms with E-state index in [-0.39, 0.29) is 17.9 Å². The third-order valence-electron chi connectivity index (χ3n) is 4.63. The highest BCUT2D eigenvalue weighted by Gasteiger charge is 2.19. The first-order valence-corrected chi connectivity index (χ1v) is 8.76. The normalized spacial score (nSPS) is 18.3. The summed E-state index contributed by atoms with van der Waals surface area (Å²) in [6.07, 6.45) is 2.27. The molecule has 0 saturated carbocycles. The molecule has 2 N–H and O–H groups in total. The Kier molecular flexibility index (Phi) is 4.58. The van der Waals surface area contributed by atoms with Gasteiger partial charge in [-0.3, -0.25) is 9.59 Å². The maximum Gasteiger partial charge on any atom is 0.255 e. The molecule has 26 heavy (non-hydrogen) atoms. The van der Waals surface area contributed by atoms with E-state index in [1.807, 2.05) is 6.07 Å². The molecule has 2 aromatic rings. The number of carbonyl (C=O) groups excluding carboxylic acids is 2. The van der Waals surface area contributed by atoms with Crippen molar-refractivity contribution in [2.45, 2.75) is 25.5 Å². The van der Waals surface area contributed by atoms with Crippen molar-refractivity contribution < 1.29 is 19.1 Å². The van der Waals surface area contributed by atoms with E-state index in [0.717, 1.165) is 25.0 Å². The zero-order chi connectivity index (χ0) is 17.9. The van der Waals surface area contributed by atoms with Crippen molar-refractivity contribution in [1.29, 1.82) is 0 Å². The molecule has 6 nitrogen and oxygen atoms in total. The molecule has 1 saturated heterocycles. The van der Waals surface area contributed by atoms with Gasteiger partial charge in [0.1, 0.15) is 12.4 Å². The number of ether oxygens (including phenoxy) is 2. The summed E-state index contributed by atoms with van der Waals surface area (Å²) in [6, 6.07) is 12.4. The molecule has 0 bridgehead atoms. The first-order chi connectivity index (χ1) is 12.7. The molecule has 4 rings (SSSR count). The minimum Gasteiger partial charge on any atom is -0.491 e. The van der Waals surface area contributed by atoms with Crippen LogP contribution in [0.5, 0.6) is 5.75 Å². The number of hydrogen-bond donors (Lipinski definition) is 2. The van der Waals surface area contributed by atoms with Crippen LogP contribution in [0.4, 0.5) is 5.69 Å². The summed E-state index contributed by atoms with van der Waals surface area (Å²) in [6.45, 7) is 1.87. The predicted molar refractivity (Wildman–Crippen MR) is 96.5 cm³/mol. The van der Waals surface area contributed by atoms with Gasteiger partial charge in [-0.2, -0.15) is 0 Å². The van der Waals surface area contributed by atoms with Gasteiger partial charge in [0.2, 0.25) is 0 Å². The monoisotopic (exact) mass is 352 g/mol. The summed E-state index contributed by atoms with van der Waals surface area (Å²) in [5, 5.41) is 5.59. The Bertz CT molecular complexity index is 826. The number of anilines is 1. The van der Waals surface area contributed by atoms with Gasteiger partial charge in [0, 0.05) is 30.0 Å². The van der Waals surface area contributed by atoms with Crippen molar-refractivity contribution >= 4 is 17.5 Å². The summed E-state index contributed by atoms with van der Waals surface area (Å²) in [5.74, 6) is 0.379. The number of nitrogens with one attached hydrogen (secondary N) is 2. The van der Waals surface area contributed by atoms with E-state index < -0.39 is 0 Å². The fraction of sp³-hybridized carbons (Fsp3) is 0.300. The molecule has 1 unspecified atom stereocenters. The molecule has 2 aliphatic rings. The molecule has 0 aromatic heterocycles. The Balaban J connectivity index is 1.37. The van der Waals surface area contributed by atoms with E-state index in [1.165, 1.54) is 0 Å².